The lowest BCUT2D eigenvalue weighted by Crippen LogP contribution is -2.00. The molecule has 0 aromatic heterocycles. The molecule has 0 fully saturated rings. The summed E-state index contributed by atoms with van der Waals surface area (Å²) >= 11 is 0. The van der Waals surface area contributed by atoms with Crippen LogP contribution in [-0.2, 0) is 6.42 Å². The van der Waals surface area contributed by atoms with Crippen molar-refractivity contribution in [1.82, 2.24) is 0 Å². The van der Waals surface area contributed by atoms with Crippen molar-refractivity contribution < 1.29 is 0 Å². The minimum absolute atomic E-state index is 0.755. The van der Waals surface area contributed by atoms with Crippen molar-refractivity contribution in [3.63, 3.8) is 0 Å². The largest absolute Gasteiger partial charge is 0.385 e. The zero-order valence-electron chi connectivity index (χ0n) is 9.05. The van der Waals surface area contributed by atoms with Crippen molar-refractivity contribution in [2.75, 3.05) is 11.9 Å². The van der Waals surface area contributed by atoms with Crippen molar-refractivity contribution >= 4 is 5.69 Å². The molecule has 0 saturated carbocycles. The van der Waals surface area contributed by atoms with Crippen LogP contribution in [0.25, 0.3) is 0 Å². The molecule has 1 aromatic carbocycles. The molecule has 0 bridgehead atoms. The van der Waals surface area contributed by atoms with Crippen LogP contribution < -0.4 is 5.32 Å². The van der Waals surface area contributed by atoms with Crippen LogP contribution in [0.3, 0.4) is 0 Å². The van der Waals surface area contributed by atoms with E-state index < -0.39 is 0 Å². The molecule has 77 valence electrons. The highest BCUT2D eigenvalue weighted by molar-refractivity contribution is 5.51. The maximum absolute atomic E-state index is 3.81. The average molecular weight is 190 g/mol. The second-order valence-electron chi connectivity index (χ2n) is 3.54. The van der Waals surface area contributed by atoms with Gasteiger partial charge in [0.25, 0.3) is 0 Å². The zero-order chi connectivity index (χ0) is 10.2. The van der Waals surface area contributed by atoms with E-state index in [1.54, 1.807) is 0 Å². The summed E-state index contributed by atoms with van der Waals surface area (Å²) in [7, 11) is 0. The fourth-order valence-electron chi connectivity index (χ4n) is 1.61. The van der Waals surface area contributed by atoms with Crippen LogP contribution in [0.1, 0.15) is 31.7 Å². The number of para-hydroxylation sites is 1. The first-order valence-electron chi connectivity index (χ1n) is 5.49. The first-order valence-corrected chi connectivity index (χ1v) is 5.49. The van der Waals surface area contributed by atoms with Gasteiger partial charge in [-0.2, -0.15) is 0 Å². The second kappa shape index (κ2) is 6.47. The molecule has 0 unspecified atom stereocenters. The standard InChI is InChI=1S/C13H20N/c1-3-5-6-9-12-10-7-8-11-13(12)14-4-2/h7-8,10-11,14H,2-6,9H2,1H3. The Morgan fingerprint density at radius 3 is 2.71 bits per heavy atom. The second-order valence-corrected chi connectivity index (χ2v) is 3.54. The van der Waals surface area contributed by atoms with Crippen molar-refractivity contribution in [1.29, 1.82) is 0 Å². The van der Waals surface area contributed by atoms with Gasteiger partial charge in [0.1, 0.15) is 0 Å². The highest BCUT2D eigenvalue weighted by atomic mass is 14.9. The van der Waals surface area contributed by atoms with Gasteiger partial charge < -0.3 is 5.32 Å². The summed E-state index contributed by atoms with van der Waals surface area (Å²) in [6, 6.07) is 8.51. The first kappa shape index (κ1) is 11.1. The maximum atomic E-state index is 3.81. The Balaban J connectivity index is 2.55. The quantitative estimate of drug-likeness (QED) is 0.675. The molecule has 0 amide bonds. The Morgan fingerprint density at radius 1 is 1.21 bits per heavy atom. The van der Waals surface area contributed by atoms with Crippen molar-refractivity contribution in [3.05, 3.63) is 36.8 Å². The van der Waals surface area contributed by atoms with Gasteiger partial charge in [0.05, 0.1) is 0 Å². The molecule has 0 aliphatic heterocycles. The third-order valence-corrected chi connectivity index (χ3v) is 2.38. The number of rotatable bonds is 6. The first-order chi connectivity index (χ1) is 6.88. The van der Waals surface area contributed by atoms with E-state index in [0.717, 1.165) is 6.54 Å². The van der Waals surface area contributed by atoms with Crippen LogP contribution in [0.5, 0.6) is 0 Å². The normalized spacial score (nSPS) is 10.1. The Bertz CT molecular complexity index is 255. The Morgan fingerprint density at radius 2 is 2.00 bits per heavy atom. The molecule has 0 spiro atoms. The number of hydrogen-bond acceptors (Lipinski definition) is 1. The van der Waals surface area contributed by atoms with E-state index in [1.165, 1.54) is 36.9 Å². The lowest BCUT2D eigenvalue weighted by molar-refractivity contribution is 0.718. The number of aryl methyl sites for hydroxylation is 1. The molecule has 0 atom stereocenters. The Labute approximate surface area is 87.5 Å². The molecule has 1 heteroatoms. The summed E-state index contributed by atoms with van der Waals surface area (Å²) < 4.78 is 0. The minimum atomic E-state index is 0.755. The summed E-state index contributed by atoms with van der Waals surface area (Å²) in [4.78, 5) is 0. The molecule has 0 aliphatic carbocycles. The molecule has 1 N–H and O–H groups in total. The minimum Gasteiger partial charge on any atom is -0.385 e. The molecule has 14 heavy (non-hydrogen) atoms. The highest BCUT2D eigenvalue weighted by Crippen LogP contribution is 2.17. The van der Waals surface area contributed by atoms with Crippen LogP contribution in [0.2, 0.25) is 0 Å². The fraction of sp³-hybridized carbons (Fsp3) is 0.462. The third kappa shape index (κ3) is 3.41. The van der Waals surface area contributed by atoms with Gasteiger partial charge in [0.15, 0.2) is 0 Å². The number of anilines is 1. The number of nitrogens with one attached hydrogen (secondary N) is 1. The van der Waals surface area contributed by atoms with E-state index in [0.29, 0.717) is 0 Å². The van der Waals surface area contributed by atoms with Gasteiger partial charge in [-0.1, -0.05) is 38.0 Å². The van der Waals surface area contributed by atoms with Crippen LogP contribution in [0.15, 0.2) is 24.3 Å². The van der Waals surface area contributed by atoms with E-state index in [-0.39, 0.29) is 0 Å². The number of benzene rings is 1. The predicted molar refractivity (Wildman–Crippen MR) is 63.5 cm³/mol. The highest BCUT2D eigenvalue weighted by Gasteiger charge is 1.99. The zero-order valence-corrected chi connectivity index (χ0v) is 9.05. The maximum Gasteiger partial charge on any atom is 0.0372 e. The lowest BCUT2D eigenvalue weighted by Gasteiger charge is -2.09. The number of hydrogen-bond donors (Lipinski definition) is 1. The Kier molecular flexibility index (Phi) is 5.13. The van der Waals surface area contributed by atoms with Gasteiger partial charge in [-0.25, -0.2) is 0 Å². The van der Waals surface area contributed by atoms with Crippen LogP contribution in [0.4, 0.5) is 5.69 Å². The van der Waals surface area contributed by atoms with Crippen LogP contribution >= 0.6 is 0 Å². The Hall–Kier alpha value is -0.980. The molecule has 0 saturated heterocycles. The van der Waals surface area contributed by atoms with E-state index in [2.05, 4.69) is 43.4 Å². The summed E-state index contributed by atoms with van der Waals surface area (Å²) in [5.41, 5.74) is 2.67. The van der Waals surface area contributed by atoms with Crippen LogP contribution in [-0.4, -0.2) is 6.54 Å². The molecule has 0 aliphatic rings. The van der Waals surface area contributed by atoms with Gasteiger partial charge in [0.2, 0.25) is 0 Å². The molecule has 1 aromatic rings. The molecule has 1 rings (SSSR count). The lowest BCUT2D eigenvalue weighted by atomic mass is 10.1. The topological polar surface area (TPSA) is 12.0 Å². The number of unbranched alkanes of at least 4 members (excludes halogenated alkanes) is 2. The summed E-state index contributed by atoms with van der Waals surface area (Å²) in [6.45, 7) is 6.80. The third-order valence-electron chi connectivity index (χ3n) is 2.38. The molecule has 1 radical (unpaired) electrons. The monoisotopic (exact) mass is 190 g/mol. The summed E-state index contributed by atoms with van der Waals surface area (Å²) in [6.07, 6.45) is 5.06. The SMILES string of the molecule is [CH2]CNc1ccccc1CCCCC. The van der Waals surface area contributed by atoms with E-state index in [4.69, 9.17) is 0 Å². The molecule has 1 nitrogen and oxygen atoms in total. The summed E-state index contributed by atoms with van der Waals surface area (Å²) in [5, 5.41) is 3.29. The molecular weight excluding hydrogens is 170 g/mol. The van der Waals surface area contributed by atoms with Gasteiger partial charge in [-0.05, 0) is 31.4 Å². The average Bonchev–Trinajstić information content (AvgIpc) is 2.21. The van der Waals surface area contributed by atoms with Crippen molar-refractivity contribution in [2.24, 2.45) is 0 Å². The molecular formula is C13H20N. The predicted octanol–water partition coefficient (Wildman–Crippen LogP) is 3.67. The van der Waals surface area contributed by atoms with E-state index in [9.17, 15) is 0 Å². The van der Waals surface area contributed by atoms with E-state index in [1.807, 2.05) is 0 Å². The van der Waals surface area contributed by atoms with Gasteiger partial charge in [0, 0.05) is 12.2 Å². The summed E-state index contributed by atoms with van der Waals surface area (Å²) in [5.74, 6) is 0. The van der Waals surface area contributed by atoms with Gasteiger partial charge >= 0.3 is 0 Å². The van der Waals surface area contributed by atoms with Crippen molar-refractivity contribution in [3.8, 4) is 0 Å². The van der Waals surface area contributed by atoms with Crippen LogP contribution in [0, 0.1) is 6.92 Å². The van der Waals surface area contributed by atoms with Gasteiger partial charge in [-0.15, -0.1) is 0 Å². The smallest absolute Gasteiger partial charge is 0.0372 e. The fourth-order valence-corrected chi connectivity index (χ4v) is 1.61. The van der Waals surface area contributed by atoms with Gasteiger partial charge in [-0.3, -0.25) is 0 Å². The molecule has 0 heterocycles. The van der Waals surface area contributed by atoms with E-state index >= 15 is 0 Å². The van der Waals surface area contributed by atoms with Crippen molar-refractivity contribution in [2.45, 2.75) is 32.6 Å².